The maximum atomic E-state index is 13.3. The third-order valence-corrected chi connectivity index (χ3v) is 7.31. The number of halogens is 3. The molecule has 8 nitrogen and oxygen atoms in total. The molecule has 2 fully saturated rings. The Bertz CT molecular complexity index is 1220. The standard InChI is InChI=1S/C25H31F3N6O2/c1-15-24(16(2)36-32-15)33-10-4-5-18(9-12-33)34-11-8-17(14-34)29-22(35)13-21-30-20-7-3-6-19(23(20)31-21)25(26,27)28/h3,6-7,17-18H,4-5,8-14H2,1-2H3,(H,29,35)(H,30,31). The van der Waals surface area contributed by atoms with Gasteiger partial charge in [-0.1, -0.05) is 11.2 Å². The molecule has 2 aromatic heterocycles. The molecule has 5 rings (SSSR count). The zero-order valence-corrected chi connectivity index (χ0v) is 20.5. The molecule has 36 heavy (non-hydrogen) atoms. The number of H-pyrrole nitrogens is 1. The number of benzene rings is 1. The van der Waals surface area contributed by atoms with Crippen molar-refractivity contribution in [2.75, 3.05) is 31.1 Å². The molecule has 2 aliphatic heterocycles. The number of aryl methyl sites for hydroxylation is 2. The SMILES string of the molecule is Cc1noc(C)c1N1CCCC(N2CCC(NC(=O)Cc3nc4c(C(F)(F)F)cccc4[nH]3)C2)CC1. The van der Waals surface area contributed by atoms with Gasteiger partial charge in [0.2, 0.25) is 5.91 Å². The van der Waals surface area contributed by atoms with Crippen LogP contribution in [0.1, 0.15) is 48.5 Å². The highest BCUT2D eigenvalue weighted by Crippen LogP contribution is 2.34. The van der Waals surface area contributed by atoms with Crippen LogP contribution in [0.5, 0.6) is 0 Å². The second-order valence-corrected chi connectivity index (χ2v) is 9.85. The van der Waals surface area contributed by atoms with Crippen LogP contribution in [0.3, 0.4) is 0 Å². The summed E-state index contributed by atoms with van der Waals surface area (Å²) in [5.74, 6) is 0.853. The second-order valence-electron chi connectivity index (χ2n) is 9.85. The van der Waals surface area contributed by atoms with E-state index in [2.05, 4.69) is 30.2 Å². The Morgan fingerprint density at radius 1 is 1.19 bits per heavy atom. The quantitative estimate of drug-likeness (QED) is 0.547. The van der Waals surface area contributed by atoms with Crippen LogP contribution in [0.2, 0.25) is 0 Å². The van der Waals surface area contributed by atoms with E-state index in [1.54, 1.807) is 0 Å². The van der Waals surface area contributed by atoms with Crippen molar-refractivity contribution in [1.29, 1.82) is 0 Å². The largest absolute Gasteiger partial charge is 0.418 e. The summed E-state index contributed by atoms with van der Waals surface area (Å²) in [6, 6.07) is 4.35. The maximum Gasteiger partial charge on any atom is 0.418 e. The summed E-state index contributed by atoms with van der Waals surface area (Å²) in [7, 11) is 0. The van der Waals surface area contributed by atoms with E-state index in [1.165, 1.54) is 12.1 Å². The van der Waals surface area contributed by atoms with Gasteiger partial charge in [0, 0.05) is 38.3 Å². The van der Waals surface area contributed by atoms with E-state index >= 15 is 0 Å². The number of para-hydroxylation sites is 1. The van der Waals surface area contributed by atoms with Crippen LogP contribution in [0.15, 0.2) is 22.7 Å². The number of carbonyl (C=O) groups excluding carboxylic acids is 1. The first kappa shape index (κ1) is 24.6. The Kier molecular flexibility index (Phi) is 6.67. The molecule has 2 N–H and O–H groups in total. The summed E-state index contributed by atoms with van der Waals surface area (Å²) in [5, 5.41) is 7.14. The highest BCUT2D eigenvalue weighted by Gasteiger charge is 2.34. The first-order chi connectivity index (χ1) is 17.2. The van der Waals surface area contributed by atoms with Gasteiger partial charge in [0.05, 0.1) is 17.5 Å². The minimum absolute atomic E-state index is 0.0227. The number of aromatic nitrogens is 3. The number of aromatic amines is 1. The highest BCUT2D eigenvalue weighted by atomic mass is 19.4. The molecule has 2 saturated heterocycles. The lowest BCUT2D eigenvalue weighted by molar-refractivity contribution is -0.136. The Balaban J connectivity index is 1.15. The summed E-state index contributed by atoms with van der Waals surface area (Å²) in [6.07, 6.45) is -0.517. The van der Waals surface area contributed by atoms with Crippen molar-refractivity contribution in [2.45, 2.75) is 64.2 Å². The van der Waals surface area contributed by atoms with Gasteiger partial charge in [-0.15, -0.1) is 0 Å². The molecule has 0 spiro atoms. The topological polar surface area (TPSA) is 90.3 Å². The normalized spacial score (nSPS) is 21.8. The summed E-state index contributed by atoms with van der Waals surface area (Å²) in [6.45, 7) is 7.53. The minimum atomic E-state index is -4.50. The highest BCUT2D eigenvalue weighted by molar-refractivity contribution is 5.82. The van der Waals surface area contributed by atoms with Crippen molar-refractivity contribution in [2.24, 2.45) is 0 Å². The van der Waals surface area contributed by atoms with Crippen LogP contribution in [0.25, 0.3) is 11.0 Å². The van der Waals surface area contributed by atoms with Crippen LogP contribution in [-0.2, 0) is 17.4 Å². The van der Waals surface area contributed by atoms with Crippen molar-refractivity contribution in [1.82, 2.24) is 25.3 Å². The number of alkyl halides is 3. The van der Waals surface area contributed by atoms with Gasteiger partial charge >= 0.3 is 6.18 Å². The van der Waals surface area contributed by atoms with E-state index in [0.717, 1.165) is 75.1 Å². The van der Waals surface area contributed by atoms with E-state index < -0.39 is 11.7 Å². The number of imidazole rings is 1. The van der Waals surface area contributed by atoms with E-state index in [1.807, 2.05) is 13.8 Å². The average Bonchev–Trinajstić information content (AvgIpc) is 3.47. The van der Waals surface area contributed by atoms with E-state index in [-0.39, 0.29) is 35.2 Å². The monoisotopic (exact) mass is 504 g/mol. The molecule has 194 valence electrons. The van der Waals surface area contributed by atoms with Crippen LogP contribution in [0.4, 0.5) is 18.9 Å². The summed E-state index contributed by atoms with van der Waals surface area (Å²) >= 11 is 0. The summed E-state index contributed by atoms with van der Waals surface area (Å²) in [5.41, 5.74) is 1.35. The van der Waals surface area contributed by atoms with Crippen molar-refractivity contribution in [3.05, 3.63) is 41.0 Å². The van der Waals surface area contributed by atoms with Gasteiger partial charge < -0.3 is 19.7 Å². The Morgan fingerprint density at radius 2 is 2.03 bits per heavy atom. The van der Waals surface area contributed by atoms with E-state index in [0.29, 0.717) is 6.04 Å². The van der Waals surface area contributed by atoms with Gasteiger partial charge in [-0.2, -0.15) is 13.2 Å². The van der Waals surface area contributed by atoms with Crippen molar-refractivity contribution >= 4 is 22.6 Å². The van der Waals surface area contributed by atoms with Crippen LogP contribution >= 0.6 is 0 Å². The van der Waals surface area contributed by atoms with Crippen LogP contribution < -0.4 is 10.2 Å². The fourth-order valence-corrected chi connectivity index (χ4v) is 5.66. The lowest BCUT2D eigenvalue weighted by atomic mass is 10.1. The Labute approximate surface area is 207 Å². The van der Waals surface area contributed by atoms with E-state index in [9.17, 15) is 18.0 Å². The number of anilines is 1. The molecule has 2 aliphatic rings. The smallest absolute Gasteiger partial charge is 0.367 e. The molecule has 4 heterocycles. The predicted octanol–water partition coefficient (Wildman–Crippen LogP) is 3.98. The van der Waals surface area contributed by atoms with Crippen molar-refractivity contribution in [3.8, 4) is 0 Å². The molecule has 0 radical (unpaired) electrons. The van der Waals surface area contributed by atoms with Crippen molar-refractivity contribution < 1.29 is 22.5 Å². The minimum Gasteiger partial charge on any atom is -0.367 e. The maximum absolute atomic E-state index is 13.3. The molecule has 3 aromatic rings. The number of rotatable bonds is 5. The molecular weight excluding hydrogens is 473 g/mol. The van der Waals surface area contributed by atoms with E-state index in [4.69, 9.17) is 4.52 Å². The number of hydrogen-bond acceptors (Lipinski definition) is 6. The van der Waals surface area contributed by atoms with Gasteiger partial charge in [0.25, 0.3) is 0 Å². The molecule has 0 bridgehead atoms. The van der Waals surface area contributed by atoms with Crippen molar-refractivity contribution in [3.63, 3.8) is 0 Å². The third-order valence-electron chi connectivity index (χ3n) is 7.31. The first-order valence-corrected chi connectivity index (χ1v) is 12.4. The Hall–Kier alpha value is -3.08. The zero-order chi connectivity index (χ0) is 25.4. The number of nitrogens with one attached hydrogen (secondary N) is 2. The predicted molar refractivity (Wildman–Crippen MR) is 129 cm³/mol. The van der Waals surface area contributed by atoms with Gasteiger partial charge in [-0.05, 0) is 51.7 Å². The lowest BCUT2D eigenvalue weighted by Crippen LogP contribution is -2.40. The third kappa shape index (κ3) is 5.07. The zero-order valence-electron chi connectivity index (χ0n) is 20.5. The molecule has 2 unspecified atom stereocenters. The lowest BCUT2D eigenvalue weighted by Gasteiger charge is -2.27. The Morgan fingerprint density at radius 3 is 2.78 bits per heavy atom. The van der Waals surface area contributed by atoms with Gasteiger partial charge in [0.15, 0.2) is 5.76 Å². The number of amides is 1. The molecule has 1 aromatic carbocycles. The second kappa shape index (κ2) is 9.76. The van der Waals surface area contributed by atoms with Gasteiger partial charge in [-0.25, -0.2) is 4.98 Å². The number of hydrogen-bond donors (Lipinski definition) is 2. The fraction of sp³-hybridized carbons (Fsp3) is 0.560. The number of likely N-dealkylation sites (tertiary alicyclic amines) is 1. The molecular formula is C25H31F3N6O2. The fourth-order valence-electron chi connectivity index (χ4n) is 5.66. The molecule has 11 heteroatoms. The summed E-state index contributed by atoms with van der Waals surface area (Å²) in [4.78, 5) is 24.4. The molecule has 1 amide bonds. The first-order valence-electron chi connectivity index (χ1n) is 12.4. The van der Waals surface area contributed by atoms with Crippen LogP contribution in [-0.4, -0.2) is 64.2 Å². The average molecular weight is 505 g/mol. The number of carbonyl (C=O) groups is 1. The molecule has 2 atom stereocenters. The number of fused-ring (bicyclic) bond motifs is 1. The van der Waals surface area contributed by atoms with Crippen LogP contribution in [0, 0.1) is 13.8 Å². The molecule has 0 saturated carbocycles. The molecule has 0 aliphatic carbocycles. The summed E-state index contributed by atoms with van der Waals surface area (Å²) < 4.78 is 45.1. The van der Waals surface area contributed by atoms with Gasteiger partial charge in [0.1, 0.15) is 22.7 Å². The number of nitrogens with zero attached hydrogens (tertiary/aromatic N) is 4. The van der Waals surface area contributed by atoms with Gasteiger partial charge in [-0.3, -0.25) is 9.69 Å².